The van der Waals surface area contributed by atoms with Gasteiger partial charge in [-0.15, -0.1) is 0 Å². The first kappa shape index (κ1) is 12.1. The molecule has 1 aliphatic rings. The third-order valence-corrected chi connectivity index (χ3v) is 3.04. The van der Waals surface area contributed by atoms with Crippen LogP contribution in [-0.4, -0.2) is 40.3 Å². The van der Waals surface area contributed by atoms with Crippen LogP contribution >= 0.6 is 0 Å². The molecule has 0 radical (unpaired) electrons. The second kappa shape index (κ2) is 5.29. The van der Waals surface area contributed by atoms with Crippen molar-refractivity contribution >= 4 is 5.97 Å². The van der Waals surface area contributed by atoms with Gasteiger partial charge in [0.2, 0.25) is 0 Å². The topological polar surface area (TPSA) is 60.8 Å². The fourth-order valence-electron chi connectivity index (χ4n) is 1.95. The third-order valence-electron chi connectivity index (χ3n) is 3.04. The van der Waals surface area contributed by atoms with E-state index < -0.39 is 5.97 Å². The van der Waals surface area contributed by atoms with Crippen LogP contribution in [0.25, 0.3) is 0 Å². The predicted molar refractivity (Wildman–Crippen MR) is 63.9 cm³/mol. The quantitative estimate of drug-likeness (QED) is 0.781. The lowest BCUT2D eigenvalue weighted by atomic mass is 10.1. The summed E-state index contributed by atoms with van der Waals surface area (Å²) in [4.78, 5) is 13.0. The number of nitrogens with zero attached hydrogens (tertiary/aromatic N) is 1. The van der Waals surface area contributed by atoms with Gasteiger partial charge in [-0.1, -0.05) is 12.1 Å². The van der Waals surface area contributed by atoms with Crippen LogP contribution in [0.3, 0.4) is 0 Å². The van der Waals surface area contributed by atoms with Gasteiger partial charge in [-0.2, -0.15) is 0 Å². The van der Waals surface area contributed by atoms with E-state index >= 15 is 0 Å². The highest BCUT2D eigenvalue weighted by Gasteiger charge is 2.28. The highest BCUT2D eigenvalue weighted by atomic mass is 16.4. The molecule has 1 fully saturated rings. The van der Waals surface area contributed by atoms with Gasteiger partial charge in [0, 0.05) is 19.1 Å². The summed E-state index contributed by atoms with van der Waals surface area (Å²) in [6.45, 7) is 1.64. The summed E-state index contributed by atoms with van der Waals surface area (Å²) >= 11 is 0. The second-order valence-corrected chi connectivity index (χ2v) is 4.43. The number of carbonyl (C=O) groups is 1. The molecule has 0 saturated heterocycles. The molecule has 1 aromatic rings. The number of aliphatic hydroxyl groups excluding tert-OH is 1. The molecule has 0 bridgehead atoms. The number of hydrogen-bond acceptors (Lipinski definition) is 3. The van der Waals surface area contributed by atoms with E-state index in [1.807, 2.05) is 12.1 Å². The zero-order valence-corrected chi connectivity index (χ0v) is 9.67. The van der Waals surface area contributed by atoms with E-state index in [0.717, 1.165) is 12.1 Å². The maximum atomic E-state index is 10.7. The number of benzene rings is 1. The van der Waals surface area contributed by atoms with Gasteiger partial charge in [0.1, 0.15) is 0 Å². The van der Waals surface area contributed by atoms with Crippen molar-refractivity contribution in [1.29, 1.82) is 0 Å². The fraction of sp³-hybridized carbons (Fsp3) is 0.462. The molecule has 0 heterocycles. The summed E-state index contributed by atoms with van der Waals surface area (Å²) in [7, 11) is 0. The molecule has 1 aromatic carbocycles. The average molecular weight is 235 g/mol. The number of aromatic carboxylic acids is 1. The van der Waals surface area contributed by atoms with E-state index in [1.54, 1.807) is 12.1 Å². The Morgan fingerprint density at radius 1 is 1.29 bits per heavy atom. The molecule has 92 valence electrons. The number of hydrogen-bond donors (Lipinski definition) is 2. The summed E-state index contributed by atoms with van der Waals surface area (Å²) in [6.07, 6.45) is 2.40. The van der Waals surface area contributed by atoms with Crippen LogP contribution in [0.5, 0.6) is 0 Å². The lowest BCUT2D eigenvalue weighted by Gasteiger charge is -2.20. The molecule has 0 aliphatic heterocycles. The first-order chi connectivity index (χ1) is 8.20. The molecule has 1 aliphatic carbocycles. The van der Waals surface area contributed by atoms with Crippen molar-refractivity contribution < 1.29 is 15.0 Å². The lowest BCUT2D eigenvalue weighted by molar-refractivity contribution is 0.0697. The molecule has 0 unspecified atom stereocenters. The van der Waals surface area contributed by atoms with E-state index in [-0.39, 0.29) is 6.61 Å². The second-order valence-electron chi connectivity index (χ2n) is 4.43. The van der Waals surface area contributed by atoms with Gasteiger partial charge < -0.3 is 10.2 Å². The number of carboxylic acid groups (broad SMARTS) is 1. The Labute approximate surface area is 100 Å². The molecule has 4 heteroatoms. The number of carboxylic acids is 1. The molecule has 2 N–H and O–H groups in total. The van der Waals surface area contributed by atoms with Crippen molar-refractivity contribution in [2.45, 2.75) is 25.4 Å². The Balaban J connectivity index is 1.99. The smallest absolute Gasteiger partial charge is 0.335 e. The minimum Gasteiger partial charge on any atom is -0.478 e. The Bertz CT molecular complexity index is 384. The molecule has 0 spiro atoms. The van der Waals surface area contributed by atoms with Crippen LogP contribution in [0.15, 0.2) is 24.3 Å². The Hall–Kier alpha value is -1.39. The van der Waals surface area contributed by atoms with Gasteiger partial charge in [-0.3, -0.25) is 4.90 Å². The Kier molecular flexibility index (Phi) is 3.76. The van der Waals surface area contributed by atoms with Crippen LogP contribution in [-0.2, 0) is 6.54 Å². The van der Waals surface area contributed by atoms with Crippen molar-refractivity contribution in [3.63, 3.8) is 0 Å². The summed E-state index contributed by atoms with van der Waals surface area (Å²) in [6, 6.07) is 7.54. The molecule has 0 amide bonds. The predicted octanol–water partition coefficient (Wildman–Crippen LogP) is 1.34. The van der Waals surface area contributed by atoms with Gasteiger partial charge >= 0.3 is 5.97 Å². The minimum absolute atomic E-state index is 0.170. The highest BCUT2D eigenvalue weighted by Crippen LogP contribution is 2.27. The minimum atomic E-state index is -0.897. The van der Waals surface area contributed by atoms with Crippen molar-refractivity contribution in [3.05, 3.63) is 35.4 Å². The molecule has 0 atom stereocenters. The van der Waals surface area contributed by atoms with Crippen LogP contribution in [0.1, 0.15) is 28.8 Å². The first-order valence-corrected chi connectivity index (χ1v) is 5.88. The fourth-order valence-corrected chi connectivity index (χ4v) is 1.95. The van der Waals surface area contributed by atoms with Crippen molar-refractivity contribution in [2.24, 2.45) is 0 Å². The van der Waals surface area contributed by atoms with Gasteiger partial charge in [0.05, 0.1) is 12.2 Å². The standard InChI is InChI=1S/C13H17NO3/c15-8-7-14(12-5-6-12)9-10-1-3-11(4-2-10)13(16)17/h1-4,12,15H,5-9H2,(H,16,17). The molecular weight excluding hydrogens is 218 g/mol. The Morgan fingerprint density at radius 2 is 1.94 bits per heavy atom. The van der Waals surface area contributed by atoms with E-state index in [2.05, 4.69) is 4.90 Å². The Morgan fingerprint density at radius 3 is 2.41 bits per heavy atom. The van der Waals surface area contributed by atoms with Gasteiger partial charge in [-0.25, -0.2) is 4.79 Å². The summed E-state index contributed by atoms with van der Waals surface area (Å²) in [5.74, 6) is -0.897. The zero-order chi connectivity index (χ0) is 12.3. The number of aliphatic hydroxyl groups is 1. The molecule has 1 saturated carbocycles. The van der Waals surface area contributed by atoms with E-state index in [0.29, 0.717) is 18.2 Å². The largest absolute Gasteiger partial charge is 0.478 e. The monoisotopic (exact) mass is 235 g/mol. The van der Waals surface area contributed by atoms with E-state index in [1.165, 1.54) is 12.8 Å². The summed E-state index contributed by atoms with van der Waals surface area (Å²) < 4.78 is 0. The SMILES string of the molecule is O=C(O)c1ccc(CN(CCO)C2CC2)cc1. The van der Waals surface area contributed by atoms with Gasteiger partial charge in [-0.05, 0) is 30.5 Å². The maximum absolute atomic E-state index is 10.7. The van der Waals surface area contributed by atoms with Crippen molar-refractivity contribution in [3.8, 4) is 0 Å². The van der Waals surface area contributed by atoms with Crippen LogP contribution in [0, 0.1) is 0 Å². The maximum Gasteiger partial charge on any atom is 0.335 e. The van der Waals surface area contributed by atoms with Crippen molar-refractivity contribution in [1.82, 2.24) is 4.90 Å². The molecule has 2 rings (SSSR count). The van der Waals surface area contributed by atoms with E-state index in [9.17, 15) is 4.79 Å². The molecule has 17 heavy (non-hydrogen) atoms. The first-order valence-electron chi connectivity index (χ1n) is 5.88. The summed E-state index contributed by atoms with van der Waals surface area (Å²) in [5, 5.41) is 17.8. The molecule has 0 aromatic heterocycles. The normalized spacial score (nSPS) is 15.2. The van der Waals surface area contributed by atoms with Crippen molar-refractivity contribution in [2.75, 3.05) is 13.2 Å². The number of rotatable bonds is 6. The van der Waals surface area contributed by atoms with Crippen LogP contribution in [0.4, 0.5) is 0 Å². The van der Waals surface area contributed by atoms with Crippen LogP contribution in [0.2, 0.25) is 0 Å². The van der Waals surface area contributed by atoms with Gasteiger partial charge in [0.25, 0.3) is 0 Å². The van der Waals surface area contributed by atoms with Gasteiger partial charge in [0.15, 0.2) is 0 Å². The highest BCUT2D eigenvalue weighted by molar-refractivity contribution is 5.87. The summed E-state index contributed by atoms with van der Waals surface area (Å²) in [5.41, 5.74) is 1.41. The van der Waals surface area contributed by atoms with E-state index in [4.69, 9.17) is 10.2 Å². The lowest BCUT2D eigenvalue weighted by Crippen LogP contribution is -2.28. The average Bonchev–Trinajstić information content (AvgIpc) is 3.13. The molecular formula is C13H17NO3. The van der Waals surface area contributed by atoms with Crippen LogP contribution < -0.4 is 0 Å². The zero-order valence-electron chi connectivity index (χ0n) is 9.67. The third kappa shape index (κ3) is 3.28. The molecule has 4 nitrogen and oxygen atoms in total.